The maximum Gasteiger partial charge on any atom is 0.305 e. The van der Waals surface area contributed by atoms with Gasteiger partial charge in [0.25, 0.3) is 0 Å². The fraction of sp³-hybridized carbons (Fsp3) is 0.897. The number of ether oxygens (including phenoxy) is 1. The molecule has 0 saturated carbocycles. The zero-order chi connectivity index (χ0) is 60.6. The molecule has 6 nitrogen and oxygen atoms in total. The molecular formula is C78H149NO5. The SMILES string of the molecule is CCC/C=C\C/C=C\CCCCCCCC(=O)OCCCCCCCCCCCCCC/C=C\CCCCCCCCCCCCCCCCCCCC(=O)NC(CO)C(O)CCCCCCCCCCCCCCCCCCCCCCC. The monoisotopic (exact) mass is 1180 g/mol. The van der Waals surface area contributed by atoms with E-state index in [1.54, 1.807) is 0 Å². The number of aliphatic hydroxyl groups is 2. The van der Waals surface area contributed by atoms with Gasteiger partial charge in [-0.25, -0.2) is 0 Å². The van der Waals surface area contributed by atoms with Crippen LogP contribution in [-0.2, 0) is 14.3 Å². The minimum atomic E-state index is -0.663. The van der Waals surface area contributed by atoms with Crippen molar-refractivity contribution >= 4 is 11.9 Å². The van der Waals surface area contributed by atoms with Crippen LogP contribution in [0.2, 0.25) is 0 Å². The van der Waals surface area contributed by atoms with Gasteiger partial charge >= 0.3 is 5.97 Å². The first-order valence-electron chi connectivity index (χ1n) is 38.2. The summed E-state index contributed by atoms with van der Waals surface area (Å²) < 4.78 is 5.48. The summed E-state index contributed by atoms with van der Waals surface area (Å²) >= 11 is 0. The molecule has 3 N–H and O–H groups in total. The first-order chi connectivity index (χ1) is 41.5. The Bertz CT molecular complexity index is 1360. The third-order valence-corrected chi connectivity index (χ3v) is 17.9. The largest absolute Gasteiger partial charge is 0.466 e. The Morgan fingerprint density at radius 1 is 0.333 bits per heavy atom. The number of unbranched alkanes of at least 4 members (excludes halogenated alkanes) is 55. The molecule has 0 spiro atoms. The highest BCUT2D eigenvalue weighted by atomic mass is 16.5. The zero-order valence-electron chi connectivity index (χ0n) is 56.9. The van der Waals surface area contributed by atoms with Crippen LogP contribution in [0.1, 0.15) is 425 Å². The third-order valence-electron chi connectivity index (χ3n) is 17.9. The van der Waals surface area contributed by atoms with Crippen molar-refractivity contribution in [1.82, 2.24) is 5.32 Å². The molecule has 2 unspecified atom stereocenters. The number of carbonyl (C=O) groups excluding carboxylic acids is 2. The lowest BCUT2D eigenvalue weighted by atomic mass is 10.0. The number of hydrogen-bond donors (Lipinski definition) is 3. The summed E-state index contributed by atoms with van der Waals surface area (Å²) in [4.78, 5) is 24.6. The number of allylic oxidation sites excluding steroid dienone is 6. The highest BCUT2D eigenvalue weighted by Crippen LogP contribution is 2.19. The number of rotatable bonds is 72. The molecule has 0 heterocycles. The smallest absolute Gasteiger partial charge is 0.305 e. The van der Waals surface area contributed by atoms with Crippen LogP contribution in [-0.4, -0.2) is 47.4 Å². The minimum Gasteiger partial charge on any atom is -0.466 e. The normalized spacial score (nSPS) is 12.7. The van der Waals surface area contributed by atoms with Crippen LogP contribution in [0, 0.1) is 0 Å². The van der Waals surface area contributed by atoms with Gasteiger partial charge in [-0.3, -0.25) is 9.59 Å². The molecule has 0 aliphatic rings. The number of amides is 1. The number of esters is 1. The lowest BCUT2D eigenvalue weighted by Crippen LogP contribution is -2.45. The molecular weight excluding hydrogens is 1030 g/mol. The van der Waals surface area contributed by atoms with Crippen LogP contribution in [0.5, 0.6) is 0 Å². The van der Waals surface area contributed by atoms with Crippen molar-refractivity contribution in [3.63, 3.8) is 0 Å². The molecule has 0 rings (SSSR count). The highest BCUT2D eigenvalue weighted by molar-refractivity contribution is 5.76. The van der Waals surface area contributed by atoms with E-state index in [-0.39, 0.29) is 18.5 Å². The fourth-order valence-electron chi connectivity index (χ4n) is 12.1. The van der Waals surface area contributed by atoms with Gasteiger partial charge in [0, 0.05) is 12.8 Å². The Morgan fingerprint density at radius 2 is 0.619 bits per heavy atom. The molecule has 84 heavy (non-hydrogen) atoms. The molecule has 496 valence electrons. The lowest BCUT2D eigenvalue weighted by molar-refractivity contribution is -0.143. The molecule has 0 radical (unpaired) electrons. The summed E-state index contributed by atoms with van der Waals surface area (Å²) in [7, 11) is 0. The molecule has 6 heteroatoms. The van der Waals surface area contributed by atoms with E-state index in [1.165, 1.54) is 340 Å². The quantitative estimate of drug-likeness (QED) is 0.0320. The van der Waals surface area contributed by atoms with E-state index in [0.717, 1.165) is 51.4 Å². The summed E-state index contributed by atoms with van der Waals surface area (Å²) in [6, 6.07) is -0.540. The standard InChI is InChI=1S/C78H149NO5/c1-3-5-7-9-11-13-15-17-18-19-20-34-37-40-43-47-50-54-58-62-66-70-76(81)75(74-80)79-77(82)71-67-63-59-55-51-48-44-41-38-35-32-30-28-26-24-22-21-23-25-27-29-31-33-36-39-42-45-49-53-57-61-65-69-73-84-78(83)72-68-64-60-56-52-46-16-14-12-10-8-6-4-2/h8,10,14,16,25,27,75-76,80-81H,3-7,9,11-13,15,17-24,26,28-74H2,1-2H3,(H,79,82)/b10-8-,16-14-,27-25-. The summed E-state index contributed by atoms with van der Waals surface area (Å²) in [5.41, 5.74) is 0. The minimum absolute atomic E-state index is 0.00379. The predicted octanol–water partition coefficient (Wildman–Crippen LogP) is 25.0. The first kappa shape index (κ1) is 82.1. The molecule has 0 aromatic heterocycles. The number of hydrogen-bond acceptors (Lipinski definition) is 5. The average molecular weight is 1180 g/mol. The number of nitrogens with one attached hydrogen (secondary N) is 1. The van der Waals surface area contributed by atoms with E-state index in [2.05, 4.69) is 55.6 Å². The summed E-state index contributed by atoms with van der Waals surface area (Å²) in [5.74, 6) is -0.0234. The van der Waals surface area contributed by atoms with E-state index >= 15 is 0 Å². The van der Waals surface area contributed by atoms with Gasteiger partial charge in [-0.1, -0.05) is 371 Å². The number of carbonyl (C=O) groups is 2. The number of aliphatic hydroxyl groups excluding tert-OH is 2. The highest BCUT2D eigenvalue weighted by Gasteiger charge is 2.20. The van der Waals surface area contributed by atoms with Crippen molar-refractivity contribution in [2.75, 3.05) is 13.2 Å². The molecule has 0 bridgehead atoms. The topological polar surface area (TPSA) is 95.9 Å². The van der Waals surface area contributed by atoms with Gasteiger partial charge in [-0.15, -0.1) is 0 Å². The van der Waals surface area contributed by atoms with Gasteiger partial charge < -0.3 is 20.3 Å². The molecule has 0 aliphatic carbocycles. The van der Waals surface area contributed by atoms with Gasteiger partial charge in [0.05, 0.1) is 25.4 Å². The first-order valence-corrected chi connectivity index (χ1v) is 38.2. The second kappa shape index (κ2) is 73.5. The van der Waals surface area contributed by atoms with Crippen LogP contribution in [0.3, 0.4) is 0 Å². The van der Waals surface area contributed by atoms with Crippen LogP contribution in [0.15, 0.2) is 36.5 Å². The van der Waals surface area contributed by atoms with E-state index in [4.69, 9.17) is 4.74 Å². The molecule has 0 fully saturated rings. The van der Waals surface area contributed by atoms with Crippen molar-refractivity contribution in [3.05, 3.63) is 36.5 Å². The van der Waals surface area contributed by atoms with Crippen LogP contribution in [0.4, 0.5) is 0 Å². The molecule has 1 amide bonds. The van der Waals surface area contributed by atoms with Gasteiger partial charge in [-0.2, -0.15) is 0 Å². The predicted molar refractivity (Wildman–Crippen MR) is 370 cm³/mol. The van der Waals surface area contributed by atoms with Gasteiger partial charge in [0.15, 0.2) is 0 Å². The van der Waals surface area contributed by atoms with Crippen molar-refractivity contribution in [3.8, 4) is 0 Å². The Balaban J connectivity index is 3.36. The van der Waals surface area contributed by atoms with Crippen LogP contribution < -0.4 is 5.32 Å². The maximum absolute atomic E-state index is 12.6. The fourth-order valence-corrected chi connectivity index (χ4v) is 12.1. The van der Waals surface area contributed by atoms with Gasteiger partial charge in [0.2, 0.25) is 5.91 Å². The lowest BCUT2D eigenvalue weighted by Gasteiger charge is -2.22. The molecule has 0 aromatic carbocycles. The van der Waals surface area contributed by atoms with Crippen molar-refractivity contribution in [1.29, 1.82) is 0 Å². The second-order valence-corrected chi connectivity index (χ2v) is 26.3. The summed E-state index contributed by atoms with van der Waals surface area (Å²) in [5, 5.41) is 23.4. The molecule has 0 aliphatic heterocycles. The van der Waals surface area contributed by atoms with Crippen LogP contribution >= 0.6 is 0 Å². The summed E-state index contributed by atoms with van der Waals surface area (Å²) in [6.07, 6.45) is 95.1. The van der Waals surface area contributed by atoms with Crippen LogP contribution in [0.25, 0.3) is 0 Å². The van der Waals surface area contributed by atoms with Crippen molar-refractivity contribution in [2.45, 2.75) is 437 Å². The van der Waals surface area contributed by atoms with E-state index in [0.29, 0.717) is 25.9 Å². The van der Waals surface area contributed by atoms with E-state index in [1.807, 2.05) is 0 Å². The Hall–Kier alpha value is -1.92. The maximum atomic E-state index is 12.6. The Morgan fingerprint density at radius 3 is 0.964 bits per heavy atom. The van der Waals surface area contributed by atoms with E-state index in [9.17, 15) is 19.8 Å². The van der Waals surface area contributed by atoms with Gasteiger partial charge in [0.1, 0.15) is 0 Å². The molecule has 2 atom stereocenters. The van der Waals surface area contributed by atoms with E-state index < -0.39 is 12.1 Å². The second-order valence-electron chi connectivity index (χ2n) is 26.3. The Labute approximate surface area is 525 Å². The average Bonchev–Trinajstić information content (AvgIpc) is 3.51. The van der Waals surface area contributed by atoms with Crippen molar-refractivity contribution < 1.29 is 24.5 Å². The molecule has 0 saturated heterocycles. The zero-order valence-corrected chi connectivity index (χ0v) is 56.9. The third kappa shape index (κ3) is 69.2. The van der Waals surface area contributed by atoms with Gasteiger partial charge in [-0.05, 0) is 77.0 Å². The Kier molecular flexibility index (Phi) is 71.9. The van der Waals surface area contributed by atoms with Crippen molar-refractivity contribution in [2.24, 2.45) is 0 Å². The molecule has 0 aromatic rings. The summed E-state index contributed by atoms with van der Waals surface area (Å²) in [6.45, 7) is 4.93.